The molecule has 0 bridgehead atoms. The van der Waals surface area contributed by atoms with E-state index in [1.807, 2.05) is 37.3 Å². The van der Waals surface area contributed by atoms with Crippen molar-refractivity contribution in [3.63, 3.8) is 0 Å². The van der Waals surface area contributed by atoms with Gasteiger partial charge in [0, 0.05) is 29.6 Å². The van der Waals surface area contributed by atoms with E-state index in [-0.39, 0.29) is 17.3 Å². The van der Waals surface area contributed by atoms with Crippen LogP contribution in [0.15, 0.2) is 30.3 Å². The molecule has 0 unspecified atom stereocenters. The smallest absolute Gasteiger partial charge is 0.326 e. The molecule has 1 aromatic carbocycles. The molecule has 7 nitrogen and oxygen atoms in total. The third kappa shape index (κ3) is 5.03. The number of benzene rings is 1. The number of rotatable bonds is 8. The summed E-state index contributed by atoms with van der Waals surface area (Å²) in [5.41, 5.74) is 0.814. The highest BCUT2D eigenvalue weighted by Crippen LogP contribution is 2.34. The van der Waals surface area contributed by atoms with Crippen LogP contribution >= 0.6 is 0 Å². The zero-order chi connectivity index (χ0) is 19.1. The fraction of sp³-hybridized carbons (Fsp3) is 0.579. The van der Waals surface area contributed by atoms with Crippen molar-refractivity contribution in [1.82, 2.24) is 5.32 Å². The van der Waals surface area contributed by atoms with Gasteiger partial charge in [-0.2, -0.15) is 0 Å². The van der Waals surface area contributed by atoms with E-state index in [2.05, 4.69) is 5.32 Å². The van der Waals surface area contributed by atoms with Crippen molar-refractivity contribution in [2.24, 2.45) is 11.8 Å². The highest BCUT2D eigenvalue weighted by molar-refractivity contribution is 5.85. The summed E-state index contributed by atoms with van der Waals surface area (Å²) < 4.78 is 0. The van der Waals surface area contributed by atoms with E-state index in [1.165, 1.54) is 0 Å². The number of amides is 1. The number of nitrogens with zero attached hydrogens (tertiary/aromatic N) is 1. The van der Waals surface area contributed by atoms with Crippen LogP contribution in [0.4, 0.5) is 0 Å². The average Bonchev–Trinajstić information content (AvgIpc) is 2.63. The van der Waals surface area contributed by atoms with E-state index in [0.29, 0.717) is 19.3 Å². The lowest BCUT2D eigenvalue weighted by molar-refractivity contribution is -0.537. The van der Waals surface area contributed by atoms with E-state index in [9.17, 15) is 24.8 Å². The van der Waals surface area contributed by atoms with Crippen molar-refractivity contribution in [1.29, 1.82) is 0 Å². The van der Waals surface area contributed by atoms with Crippen LogP contribution in [-0.4, -0.2) is 34.0 Å². The zero-order valence-electron chi connectivity index (χ0n) is 15.0. The van der Waals surface area contributed by atoms with Gasteiger partial charge in [-0.05, 0) is 24.8 Å². The number of nitro groups is 1. The third-order valence-corrected chi connectivity index (χ3v) is 5.24. The van der Waals surface area contributed by atoms with Gasteiger partial charge in [0.15, 0.2) is 0 Å². The van der Waals surface area contributed by atoms with E-state index in [0.717, 1.165) is 18.4 Å². The van der Waals surface area contributed by atoms with Gasteiger partial charge in [0.25, 0.3) is 0 Å². The van der Waals surface area contributed by atoms with Gasteiger partial charge in [0.1, 0.15) is 6.04 Å². The van der Waals surface area contributed by atoms with E-state index < -0.39 is 29.9 Å². The Morgan fingerprint density at radius 3 is 2.50 bits per heavy atom. The molecule has 1 aliphatic rings. The highest BCUT2D eigenvalue weighted by Gasteiger charge is 2.42. The molecule has 2 rings (SSSR count). The topological polar surface area (TPSA) is 110 Å². The summed E-state index contributed by atoms with van der Waals surface area (Å²) in [5, 5.41) is 23.4. The van der Waals surface area contributed by atoms with Crippen molar-refractivity contribution in [2.75, 3.05) is 0 Å². The maximum Gasteiger partial charge on any atom is 0.326 e. The van der Waals surface area contributed by atoms with Gasteiger partial charge in [0.05, 0.1) is 0 Å². The summed E-state index contributed by atoms with van der Waals surface area (Å²) in [6, 6.07) is 7.32. The molecular formula is C19H26N2O5. The first-order valence-corrected chi connectivity index (χ1v) is 9.14. The Kier molecular flexibility index (Phi) is 7.12. The molecule has 4 atom stereocenters. The van der Waals surface area contributed by atoms with Gasteiger partial charge in [-0.3, -0.25) is 14.9 Å². The predicted octanol–water partition coefficient (Wildman–Crippen LogP) is 2.66. The van der Waals surface area contributed by atoms with Gasteiger partial charge in [-0.1, -0.05) is 43.7 Å². The quantitative estimate of drug-likeness (QED) is 0.546. The van der Waals surface area contributed by atoms with Gasteiger partial charge in [-0.15, -0.1) is 0 Å². The van der Waals surface area contributed by atoms with E-state index in [4.69, 9.17) is 0 Å². The van der Waals surface area contributed by atoms with Crippen LogP contribution in [0.2, 0.25) is 0 Å². The molecule has 0 saturated heterocycles. The molecule has 0 heterocycles. The Labute approximate surface area is 152 Å². The van der Waals surface area contributed by atoms with Crippen LogP contribution in [0.25, 0.3) is 0 Å². The fourth-order valence-corrected chi connectivity index (χ4v) is 3.88. The van der Waals surface area contributed by atoms with Crippen LogP contribution in [0.5, 0.6) is 0 Å². The molecule has 1 fully saturated rings. The van der Waals surface area contributed by atoms with Crippen molar-refractivity contribution in [2.45, 2.75) is 57.5 Å². The standard InChI is InChI=1S/C19H26N2O5/c1-2-14(15-10-6-7-11-17(15)21(25)26)18(22)20-16(19(23)24)12-13-8-4-3-5-9-13/h3-5,8-9,14-17H,2,6-7,10-12H2,1H3,(H,20,22)(H,23,24)/t14-,15-,16-,17-/m1/s1. The summed E-state index contributed by atoms with van der Waals surface area (Å²) in [4.78, 5) is 35.4. The Bertz CT molecular complexity index is 634. The maximum absolute atomic E-state index is 12.7. The summed E-state index contributed by atoms with van der Waals surface area (Å²) in [7, 11) is 0. The van der Waals surface area contributed by atoms with Gasteiger partial charge < -0.3 is 10.4 Å². The normalized spacial score (nSPS) is 22.2. The van der Waals surface area contributed by atoms with Crippen LogP contribution in [0.3, 0.4) is 0 Å². The van der Waals surface area contributed by atoms with Crippen LogP contribution in [0.1, 0.15) is 44.6 Å². The Balaban J connectivity index is 2.10. The third-order valence-electron chi connectivity index (χ3n) is 5.24. The molecule has 0 aromatic heterocycles. The van der Waals surface area contributed by atoms with Crippen LogP contribution in [0, 0.1) is 22.0 Å². The molecule has 0 radical (unpaired) electrons. The monoisotopic (exact) mass is 362 g/mol. The Morgan fingerprint density at radius 2 is 1.92 bits per heavy atom. The second-order valence-corrected chi connectivity index (χ2v) is 6.90. The molecule has 7 heteroatoms. The van der Waals surface area contributed by atoms with Gasteiger partial charge >= 0.3 is 5.97 Å². The number of carboxylic acids is 1. The molecule has 142 valence electrons. The molecule has 1 amide bonds. The largest absolute Gasteiger partial charge is 0.480 e. The lowest BCUT2D eigenvalue weighted by atomic mass is 9.75. The molecule has 1 aromatic rings. The van der Waals surface area contributed by atoms with E-state index >= 15 is 0 Å². The number of hydrogen-bond donors (Lipinski definition) is 2. The first-order chi connectivity index (χ1) is 12.4. The summed E-state index contributed by atoms with van der Waals surface area (Å²) in [6.07, 6.45) is 3.42. The summed E-state index contributed by atoms with van der Waals surface area (Å²) >= 11 is 0. The highest BCUT2D eigenvalue weighted by atomic mass is 16.6. The van der Waals surface area contributed by atoms with Crippen molar-refractivity contribution in [3.05, 3.63) is 46.0 Å². The Hall–Kier alpha value is -2.44. The molecule has 1 aliphatic carbocycles. The number of carbonyl (C=O) groups is 2. The van der Waals surface area contributed by atoms with Crippen LogP contribution < -0.4 is 5.32 Å². The second kappa shape index (κ2) is 9.31. The number of aliphatic carboxylic acids is 1. The minimum atomic E-state index is -1.11. The molecule has 2 N–H and O–H groups in total. The molecule has 1 saturated carbocycles. The Morgan fingerprint density at radius 1 is 1.27 bits per heavy atom. The first-order valence-electron chi connectivity index (χ1n) is 9.14. The maximum atomic E-state index is 12.7. The van der Waals surface area contributed by atoms with Crippen molar-refractivity contribution < 1.29 is 19.6 Å². The predicted molar refractivity (Wildman–Crippen MR) is 96.2 cm³/mol. The fourth-order valence-electron chi connectivity index (χ4n) is 3.88. The summed E-state index contributed by atoms with van der Waals surface area (Å²) in [5.74, 6) is -2.38. The minimum absolute atomic E-state index is 0.182. The minimum Gasteiger partial charge on any atom is -0.480 e. The SMILES string of the molecule is CC[C@@H](C(=O)N[C@H](Cc1ccccc1)C(=O)O)[C@H]1CCCC[C@H]1[N+](=O)[O-]. The molecule has 26 heavy (non-hydrogen) atoms. The molecular weight excluding hydrogens is 336 g/mol. The molecule has 0 spiro atoms. The van der Waals surface area contributed by atoms with Crippen molar-refractivity contribution >= 4 is 11.9 Å². The average molecular weight is 362 g/mol. The second-order valence-electron chi connectivity index (χ2n) is 6.90. The lowest BCUT2D eigenvalue weighted by Crippen LogP contribution is -2.49. The molecule has 0 aliphatic heterocycles. The number of hydrogen-bond acceptors (Lipinski definition) is 4. The van der Waals surface area contributed by atoms with Crippen LogP contribution in [-0.2, 0) is 16.0 Å². The number of nitrogens with one attached hydrogen (secondary N) is 1. The van der Waals surface area contributed by atoms with E-state index in [1.54, 1.807) is 0 Å². The van der Waals surface area contributed by atoms with Crippen molar-refractivity contribution in [3.8, 4) is 0 Å². The zero-order valence-corrected chi connectivity index (χ0v) is 15.0. The van der Waals surface area contributed by atoms with Gasteiger partial charge in [0.2, 0.25) is 11.9 Å². The number of carbonyl (C=O) groups excluding carboxylic acids is 1. The first kappa shape index (κ1) is 19.9. The summed E-state index contributed by atoms with van der Waals surface area (Å²) in [6.45, 7) is 1.82. The van der Waals surface area contributed by atoms with Gasteiger partial charge in [-0.25, -0.2) is 4.79 Å². The lowest BCUT2D eigenvalue weighted by Gasteiger charge is -2.31. The number of carboxylic acid groups (broad SMARTS) is 1.